The van der Waals surface area contributed by atoms with Crippen LogP contribution in [0.25, 0.3) is 0 Å². The Kier molecular flexibility index (Phi) is 6.62. The van der Waals surface area contributed by atoms with Gasteiger partial charge >= 0.3 is 67.9 Å². The van der Waals surface area contributed by atoms with Gasteiger partial charge in [0.2, 0.25) is 0 Å². The molecule has 2 heteroatoms. The Labute approximate surface area is 68.1 Å². The molecule has 0 aliphatic rings. The van der Waals surface area contributed by atoms with Gasteiger partial charge in [-0.25, -0.2) is 0 Å². The van der Waals surface area contributed by atoms with Crippen LogP contribution in [0.3, 0.4) is 0 Å². The zero-order valence-electron chi connectivity index (χ0n) is 5.56. The summed E-state index contributed by atoms with van der Waals surface area (Å²) in [6, 6.07) is 0. The summed E-state index contributed by atoms with van der Waals surface area (Å²) < 4.78 is 0.972. The van der Waals surface area contributed by atoms with Gasteiger partial charge in [-0.3, -0.25) is 0 Å². The van der Waals surface area contributed by atoms with E-state index in [1.54, 1.807) is 6.08 Å². The Bertz CT molecular complexity index is 107. The van der Waals surface area contributed by atoms with E-state index in [0.29, 0.717) is 15.0 Å². The Morgan fingerprint density at radius 1 is 1.78 bits per heavy atom. The van der Waals surface area contributed by atoms with E-state index in [-0.39, 0.29) is 0 Å². The van der Waals surface area contributed by atoms with E-state index in [1.807, 2.05) is 6.08 Å². The zero-order chi connectivity index (χ0) is 7.11. The van der Waals surface area contributed by atoms with Gasteiger partial charge in [-0.05, 0) is 0 Å². The third-order valence-corrected chi connectivity index (χ3v) is 3.53. The summed E-state index contributed by atoms with van der Waals surface area (Å²) in [7, 11) is 0. The monoisotopic (exact) mass is 210 g/mol. The molecule has 0 aromatic carbocycles. The fraction of sp³-hybridized carbons (Fsp3) is 0.429. The normalized spacial score (nSPS) is 11.6. The van der Waals surface area contributed by atoms with E-state index in [0.717, 1.165) is 3.93 Å². The first-order valence-corrected chi connectivity index (χ1v) is 5.36. The van der Waals surface area contributed by atoms with Gasteiger partial charge in [-0.1, -0.05) is 0 Å². The summed E-state index contributed by atoms with van der Waals surface area (Å²) in [4.78, 5) is 0. The average molecular weight is 210 g/mol. The fourth-order valence-corrected chi connectivity index (χ4v) is 2.07. The Balaban J connectivity index is 3.36. The van der Waals surface area contributed by atoms with E-state index in [1.165, 1.54) is 11.7 Å². The molecule has 0 fully saturated rings. The van der Waals surface area contributed by atoms with Crippen molar-refractivity contribution in [3.05, 3.63) is 22.7 Å². The number of hydrogen-bond acceptors (Lipinski definition) is 0. The molecule has 0 saturated carbocycles. The van der Waals surface area contributed by atoms with Crippen molar-refractivity contribution in [1.82, 2.24) is 0 Å². The summed E-state index contributed by atoms with van der Waals surface area (Å²) in [6.07, 6.45) is 4.83. The average Bonchev–Trinajstić information content (AvgIpc) is 1.85. The van der Waals surface area contributed by atoms with Crippen molar-refractivity contribution >= 4 is 26.6 Å². The molecule has 0 atom stereocenters. The van der Waals surface area contributed by atoms with Crippen molar-refractivity contribution in [2.75, 3.05) is 0 Å². The van der Waals surface area contributed by atoms with Gasteiger partial charge < -0.3 is 0 Å². The summed E-state index contributed by atoms with van der Waals surface area (Å²) in [6.45, 7) is 5.72. The van der Waals surface area contributed by atoms with Crippen LogP contribution in [0.5, 0.6) is 0 Å². The van der Waals surface area contributed by atoms with E-state index < -0.39 is 0 Å². The summed E-state index contributed by atoms with van der Waals surface area (Å²) >= 11 is 6.27. The molecule has 0 saturated heterocycles. The minimum absolute atomic E-state index is 0.491. The number of halogens is 1. The van der Waals surface area contributed by atoms with Crippen molar-refractivity contribution in [1.29, 1.82) is 0 Å². The molecule has 52 valence electrons. The van der Waals surface area contributed by atoms with Crippen LogP contribution in [-0.2, 0) is 0 Å². The van der Waals surface area contributed by atoms with Gasteiger partial charge in [0.1, 0.15) is 0 Å². The summed E-state index contributed by atoms with van der Waals surface area (Å²) in [5.41, 5.74) is 0. The molecule has 0 N–H and O–H groups in total. The van der Waals surface area contributed by atoms with Crippen LogP contribution in [0.2, 0.25) is 5.32 Å². The first-order chi connectivity index (χ1) is 4.31. The predicted octanol–water partition coefficient (Wildman–Crippen LogP) is 2.79. The van der Waals surface area contributed by atoms with Gasteiger partial charge in [0.25, 0.3) is 0 Å². The van der Waals surface area contributed by atoms with Crippen LogP contribution in [0.1, 0.15) is 13.3 Å². The Morgan fingerprint density at radius 3 is 2.89 bits per heavy atom. The first kappa shape index (κ1) is 9.29. The SMILES string of the molecule is C=CC=C(Cl)[Se]CCC. The van der Waals surface area contributed by atoms with Gasteiger partial charge in [-0.2, -0.15) is 0 Å². The van der Waals surface area contributed by atoms with E-state index in [2.05, 4.69) is 13.5 Å². The molecular weight excluding hydrogens is 198 g/mol. The quantitative estimate of drug-likeness (QED) is 0.493. The van der Waals surface area contributed by atoms with Crippen LogP contribution in [0.15, 0.2) is 22.7 Å². The topological polar surface area (TPSA) is 0 Å². The fourth-order valence-electron chi connectivity index (χ4n) is 0.340. The summed E-state index contributed by atoms with van der Waals surface area (Å²) in [5, 5.41) is 1.23. The molecule has 0 amide bonds. The van der Waals surface area contributed by atoms with Crippen molar-refractivity contribution in [3.8, 4) is 0 Å². The number of allylic oxidation sites excluding steroid dienone is 2. The van der Waals surface area contributed by atoms with Crippen LogP contribution in [0, 0.1) is 0 Å². The Hall–Kier alpha value is 0.289. The molecule has 0 bridgehead atoms. The molecule has 0 aromatic rings. The second kappa shape index (κ2) is 6.41. The van der Waals surface area contributed by atoms with Crippen molar-refractivity contribution in [2.24, 2.45) is 0 Å². The van der Waals surface area contributed by atoms with E-state index in [4.69, 9.17) is 11.6 Å². The molecular formula is C7H11ClSe. The van der Waals surface area contributed by atoms with Gasteiger partial charge in [-0.15, -0.1) is 0 Å². The van der Waals surface area contributed by atoms with Crippen molar-refractivity contribution in [3.63, 3.8) is 0 Å². The predicted molar refractivity (Wildman–Crippen MR) is 45.0 cm³/mol. The van der Waals surface area contributed by atoms with Crippen LogP contribution in [-0.4, -0.2) is 15.0 Å². The molecule has 0 aromatic heterocycles. The molecule has 0 spiro atoms. The van der Waals surface area contributed by atoms with E-state index >= 15 is 0 Å². The maximum absolute atomic E-state index is 5.78. The molecule has 0 nitrogen and oxygen atoms in total. The maximum atomic E-state index is 5.78. The molecule has 0 unspecified atom stereocenters. The van der Waals surface area contributed by atoms with Gasteiger partial charge in [0.15, 0.2) is 0 Å². The van der Waals surface area contributed by atoms with Crippen LogP contribution < -0.4 is 0 Å². The van der Waals surface area contributed by atoms with Gasteiger partial charge in [0.05, 0.1) is 0 Å². The molecule has 0 radical (unpaired) electrons. The summed E-state index contributed by atoms with van der Waals surface area (Å²) in [5.74, 6) is 0. The van der Waals surface area contributed by atoms with Crippen LogP contribution in [0.4, 0.5) is 0 Å². The molecule has 0 rings (SSSR count). The Morgan fingerprint density at radius 2 is 2.44 bits per heavy atom. The van der Waals surface area contributed by atoms with Crippen LogP contribution >= 0.6 is 11.6 Å². The third-order valence-electron chi connectivity index (χ3n) is 0.693. The number of rotatable bonds is 4. The van der Waals surface area contributed by atoms with Gasteiger partial charge in [0, 0.05) is 0 Å². The van der Waals surface area contributed by atoms with E-state index in [9.17, 15) is 0 Å². The molecule has 9 heavy (non-hydrogen) atoms. The first-order valence-electron chi connectivity index (χ1n) is 2.92. The zero-order valence-corrected chi connectivity index (χ0v) is 8.03. The second-order valence-electron chi connectivity index (χ2n) is 1.55. The third kappa shape index (κ3) is 6.17. The second-order valence-corrected chi connectivity index (χ2v) is 4.86. The molecule has 0 heterocycles. The molecule has 0 aliphatic heterocycles. The minimum atomic E-state index is 0.491. The molecule has 0 aliphatic carbocycles. The standard InChI is InChI=1S/C7H11ClSe/c1-3-5-7(8)9-6-4-2/h3,5H,1,4,6H2,2H3. The number of hydrogen-bond donors (Lipinski definition) is 0. The van der Waals surface area contributed by atoms with Crippen molar-refractivity contribution in [2.45, 2.75) is 18.7 Å². The van der Waals surface area contributed by atoms with Crippen molar-refractivity contribution < 1.29 is 0 Å².